The lowest BCUT2D eigenvalue weighted by Crippen LogP contribution is -2.29. The number of carbonyl (C=O) groups excluding carboxylic acids is 1. The molecule has 1 aliphatic carbocycles. The van der Waals surface area contributed by atoms with E-state index in [4.69, 9.17) is 0 Å². The van der Waals surface area contributed by atoms with E-state index in [9.17, 15) is 4.79 Å². The lowest BCUT2D eigenvalue weighted by atomic mass is 10.1. The Bertz CT molecular complexity index is 368. The molecule has 1 amide bonds. The maximum absolute atomic E-state index is 11.6. The minimum Gasteiger partial charge on any atom is -0.352 e. The summed E-state index contributed by atoms with van der Waals surface area (Å²) in [7, 11) is 0. The van der Waals surface area contributed by atoms with Gasteiger partial charge < -0.3 is 5.32 Å². The van der Waals surface area contributed by atoms with Crippen molar-refractivity contribution < 1.29 is 4.79 Å². The predicted molar refractivity (Wildman–Crippen MR) is 63.3 cm³/mol. The van der Waals surface area contributed by atoms with Crippen LogP contribution in [-0.4, -0.2) is 5.91 Å². The molecule has 1 aromatic carbocycles. The Kier molecular flexibility index (Phi) is 2.83. The van der Waals surface area contributed by atoms with Crippen molar-refractivity contribution in [3.8, 4) is 0 Å². The van der Waals surface area contributed by atoms with E-state index in [0.29, 0.717) is 6.54 Å². The van der Waals surface area contributed by atoms with Crippen LogP contribution in [0.25, 0.3) is 0 Å². The molecule has 0 radical (unpaired) electrons. The van der Waals surface area contributed by atoms with Crippen molar-refractivity contribution in [3.63, 3.8) is 0 Å². The molecular weight excluding hydrogens is 254 g/mol. The summed E-state index contributed by atoms with van der Waals surface area (Å²) in [6.45, 7) is 2.64. The third-order valence-electron chi connectivity index (χ3n) is 2.91. The van der Waals surface area contributed by atoms with E-state index in [2.05, 4.69) is 21.2 Å². The smallest absolute Gasteiger partial charge is 0.226 e. The van der Waals surface area contributed by atoms with Crippen LogP contribution in [-0.2, 0) is 11.3 Å². The zero-order valence-electron chi connectivity index (χ0n) is 8.72. The number of nitrogens with one attached hydrogen (secondary N) is 1. The molecule has 2 rings (SSSR count). The zero-order chi connectivity index (χ0) is 10.9. The number of amides is 1. The van der Waals surface area contributed by atoms with Gasteiger partial charge in [-0.15, -0.1) is 0 Å². The third kappa shape index (κ3) is 2.59. The van der Waals surface area contributed by atoms with Gasteiger partial charge in [-0.1, -0.05) is 35.0 Å². The van der Waals surface area contributed by atoms with Gasteiger partial charge in [0.05, 0.1) is 0 Å². The second-order valence-corrected chi connectivity index (χ2v) is 5.29. The van der Waals surface area contributed by atoms with Crippen LogP contribution in [0.2, 0.25) is 0 Å². The molecule has 15 heavy (non-hydrogen) atoms. The SMILES string of the molecule is CC1(C(=O)NCc2ccc(Br)cc2)CC1. The summed E-state index contributed by atoms with van der Waals surface area (Å²) < 4.78 is 1.06. The Hall–Kier alpha value is -0.830. The Morgan fingerprint density at radius 3 is 2.53 bits per heavy atom. The number of hydrogen-bond acceptors (Lipinski definition) is 1. The number of rotatable bonds is 3. The minimum absolute atomic E-state index is 0.0740. The normalized spacial score (nSPS) is 17.2. The van der Waals surface area contributed by atoms with Crippen LogP contribution in [0.1, 0.15) is 25.3 Å². The van der Waals surface area contributed by atoms with Crippen molar-refractivity contribution in [2.45, 2.75) is 26.3 Å². The highest BCUT2D eigenvalue weighted by Crippen LogP contribution is 2.44. The molecule has 1 N–H and O–H groups in total. The van der Waals surface area contributed by atoms with E-state index in [1.54, 1.807) is 0 Å². The fraction of sp³-hybridized carbons (Fsp3) is 0.417. The van der Waals surface area contributed by atoms with Gasteiger partial charge in [0.25, 0.3) is 0 Å². The fourth-order valence-corrected chi connectivity index (χ4v) is 1.68. The van der Waals surface area contributed by atoms with Crippen LogP contribution < -0.4 is 5.32 Å². The van der Waals surface area contributed by atoms with Crippen LogP contribution in [0.3, 0.4) is 0 Å². The molecule has 0 saturated heterocycles. The molecule has 1 saturated carbocycles. The van der Waals surface area contributed by atoms with Crippen LogP contribution in [0.5, 0.6) is 0 Å². The molecule has 0 heterocycles. The van der Waals surface area contributed by atoms with Gasteiger partial charge in [-0.2, -0.15) is 0 Å². The summed E-state index contributed by atoms with van der Waals surface area (Å²) in [5.41, 5.74) is 1.06. The molecule has 0 atom stereocenters. The summed E-state index contributed by atoms with van der Waals surface area (Å²) in [6, 6.07) is 8.00. The topological polar surface area (TPSA) is 29.1 Å². The summed E-state index contributed by atoms with van der Waals surface area (Å²) in [5.74, 6) is 0.186. The summed E-state index contributed by atoms with van der Waals surface area (Å²) in [6.07, 6.45) is 2.05. The Morgan fingerprint density at radius 2 is 2.00 bits per heavy atom. The fourth-order valence-electron chi connectivity index (χ4n) is 1.41. The van der Waals surface area contributed by atoms with Crippen LogP contribution in [0.15, 0.2) is 28.7 Å². The van der Waals surface area contributed by atoms with Crippen LogP contribution in [0.4, 0.5) is 0 Å². The second-order valence-electron chi connectivity index (χ2n) is 4.37. The molecule has 0 bridgehead atoms. The van der Waals surface area contributed by atoms with Gasteiger partial charge in [0, 0.05) is 16.4 Å². The highest BCUT2D eigenvalue weighted by molar-refractivity contribution is 9.10. The van der Waals surface area contributed by atoms with Crippen molar-refractivity contribution in [2.24, 2.45) is 5.41 Å². The lowest BCUT2D eigenvalue weighted by molar-refractivity contribution is -0.125. The lowest BCUT2D eigenvalue weighted by Gasteiger charge is -2.09. The maximum Gasteiger partial charge on any atom is 0.226 e. The van der Waals surface area contributed by atoms with Gasteiger partial charge in [0.1, 0.15) is 0 Å². The van der Waals surface area contributed by atoms with Gasteiger partial charge in [-0.05, 0) is 30.5 Å². The zero-order valence-corrected chi connectivity index (χ0v) is 10.3. The molecule has 2 nitrogen and oxygen atoms in total. The molecule has 0 aromatic heterocycles. The first-order valence-corrected chi connectivity index (χ1v) is 5.92. The van der Waals surface area contributed by atoms with Crippen molar-refractivity contribution in [1.82, 2.24) is 5.32 Å². The highest BCUT2D eigenvalue weighted by Gasteiger charge is 2.44. The summed E-state index contributed by atoms with van der Waals surface area (Å²) >= 11 is 3.38. The standard InChI is InChI=1S/C12H14BrNO/c1-12(6-7-12)11(15)14-8-9-2-4-10(13)5-3-9/h2-5H,6-8H2,1H3,(H,14,15). The van der Waals surface area contributed by atoms with E-state index in [-0.39, 0.29) is 11.3 Å². The third-order valence-corrected chi connectivity index (χ3v) is 3.44. The average Bonchev–Trinajstić information content (AvgIpc) is 2.97. The van der Waals surface area contributed by atoms with Crippen molar-refractivity contribution in [3.05, 3.63) is 34.3 Å². The molecule has 0 spiro atoms. The van der Waals surface area contributed by atoms with Gasteiger partial charge in [0.2, 0.25) is 5.91 Å². The Balaban J connectivity index is 1.88. The van der Waals surface area contributed by atoms with E-state index < -0.39 is 0 Å². The van der Waals surface area contributed by atoms with Crippen LogP contribution in [0, 0.1) is 5.41 Å². The molecule has 0 unspecified atom stereocenters. The quantitative estimate of drug-likeness (QED) is 0.897. The highest BCUT2D eigenvalue weighted by atomic mass is 79.9. The van der Waals surface area contributed by atoms with E-state index >= 15 is 0 Å². The average molecular weight is 268 g/mol. The summed E-state index contributed by atoms with van der Waals surface area (Å²) in [4.78, 5) is 11.6. The monoisotopic (exact) mass is 267 g/mol. The number of hydrogen-bond donors (Lipinski definition) is 1. The predicted octanol–water partition coefficient (Wildman–Crippen LogP) is 2.87. The molecule has 3 heteroatoms. The number of carbonyl (C=O) groups is 1. The second kappa shape index (κ2) is 3.97. The van der Waals surface area contributed by atoms with Crippen molar-refractivity contribution in [1.29, 1.82) is 0 Å². The van der Waals surface area contributed by atoms with Gasteiger partial charge >= 0.3 is 0 Å². The largest absolute Gasteiger partial charge is 0.352 e. The van der Waals surface area contributed by atoms with Crippen LogP contribution >= 0.6 is 15.9 Å². The van der Waals surface area contributed by atoms with Crippen molar-refractivity contribution >= 4 is 21.8 Å². The molecule has 1 aliphatic rings. The van der Waals surface area contributed by atoms with E-state index in [1.165, 1.54) is 0 Å². The van der Waals surface area contributed by atoms with Gasteiger partial charge in [-0.3, -0.25) is 4.79 Å². The Labute approximate surface area is 98.2 Å². The number of halogens is 1. The molecular formula is C12H14BrNO. The first kappa shape index (κ1) is 10.7. The first-order valence-electron chi connectivity index (χ1n) is 5.13. The molecule has 0 aliphatic heterocycles. The van der Waals surface area contributed by atoms with E-state index in [0.717, 1.165) is 22.9 Å². The Morgan fingerprint density at radius 1 is 1.40 bits per heavy atom. The van der Waals surface area contributed by atoms with E-state index in [1.807, 2.05) is 31.2 Å². The maximum atomic E-state index is 11.6. The summed E-state index contributed by atoms with van der Waals surface area (Å²) in [5, 5.41) is 2.97. The molecule has 1 fully saturated rings. The minimum atomic E-state index is -0.0740. The van der Waals surface area contributed by atoms with Gasteiger partial charge in [-0.25, -0.2) is 0 Å². The molecule has 1 aromatic rings. The first-order chi connectivity index (χ1) is 7.10. The number of benzene rings is 1. The molecule has 80 valence electrons. The van der Waals surface area contributed by atoms with Gasteiger partial charge in [0.15, 0.2) is 0 Å². The van der Waals surface area contributed by atoms with Crippen molar-refractivity contribution in [2.75, 3.05) is 0 Å².